The Kier molecular flexibility index (Phi) is 5.31. The van der Waals surface area contributed by atoms with E-state index in [1.54, 1.807) is 0 Å². The third kappa shape index (κ3) is 4.55. The SMILES string of the molecule is CCOc1ccc(NC(C)C(=O)NC2CC2)cc1OCC. The minimum atomic E-state index is -0.280. The molecule has 1 aromatic rings. The fourth-order valence-corrected chi connectivity index (χ4v) is 2.01. The van der Waals surface area contributed by atoms with Gasteiger partial charge in [0.1, 0.15) is 6.04 Å². The number of amides is 1. The average molecular weight is 292 g/mol. The molecule has 1 amide bonds. The zero-order chi connectivity index (χ0) is 15.2. The molecule has 0 heterocycles. The van der Waals surface area contributed by atoms with Gasteiger partial charge < -0.3 is 20.1 Å². The normalized spacial score (nSPS) is 15.2. The highest BCUT2D eigenvalue weighted by atomic mass is 16.5. The van der Waals surface area contributed by atoms with Gasteiger partial charge in [0.15, 0.2) is 11.5 Å². The van der Waals surface area contributed by atoms with E-state index in [4.69, 9.17) is 9.47 Å². The molecule has 2 rings (SSSR count). The molecule has 5 heteroatoms. The number of hydrogen-bond donors (Lipinski definition) is 2. The van der Waals surface area contributed by atoms with E-state index in [-0.39, 0.29) is 11.9 Å². The van der Waals surface area contributed by atoms with Crippen molar-refractivity contribution in [2.45, 2.75) is 45.7 Å². The van der Waals surface area contributed by atoms with Gasteiger partial charge in [-0.05, 0) is 45.7 Å². The Balaban J connectivity index is 2.01. The van der Waals surface area contributed by atoms with Gasteiger partial charge in [-0.2, -0.15) is 0 Å². The highest BCUT2D eigenvalue weighted by molar-refractivity contribution is 5.84. The molecule has 0 saturated heterocycles. The molecule has 1 unspecified atom stereocenters. The van der Waals surface area contributed by atoms with E-state index in [1.807, 2.05) is 39.0 Å². The van der Waals surface area contributed by atoms with Gasteiger partial charge in [0, 0.05) is 17.8 Å². The Morgan fingerprint density at radius 3 is 2.52 bits per heavy atom. The molecular weight excluding hydrogens is 268 g/mol. The van der Waals surface area contributed by atoms with Crippen LogP contribution < -0.4 is 20.1 Å². The molecule has 1 aliphatic rings. The van der Waals surface area contributed by atoms with Crippen LogP contribution in [0.5, 0.6) is 11.5 Å². The summed E-state index contributed by atoms with van der Waals surface area (Å²) in [5.74, 6) is 1.45. The predicted octanol–water partition coefficient (Wildman–Crippen LogP) is 2.56. The van der Waals surface area contributed by atoms with Gasteiger partial charge >= 0.3 is 0 Å². The summed E-state index contributed by atoms with van der Waals surface area (Å²) in [5, 5.41) is 6.18. The highest BCUT2D eigenvalue weighted by Crippen LogP contribution is 2.31. The summed E-state index contributed by atoms with van der Waals surface area (Å²) in [6.07, 6.45) is 2.19. The van der Waals surface area contributed by atoms with Crippen LogP contribution >= 0.6 is 0 Å². The number of rotatable bonds is 8. The van der Waals surface area contributed by atoms with E-state index in [1.165, 1.54) is 0 Å². The largest absolute Gasteiger partial charge is 0.490 e. The van der Waals surface area contributed by atoms with E-state index < -0.39 is 0 Å². The third-order valence-electron chi connectivity index (χ3n) is 3.24. The van der Waals surface area contributed by atoms with Gasteiger partial charge in [0.05, 0.1) is 13.2 Å². The van der Waals surface area contributed by atoms with Crippen molar-refractivity contribution in [1.29, 1.82) is 0 Å². The summed E-state index contributed by atoms with van der Waals surface area (Å²) in [4.78, 5) is 11.9. The summed E-state index contributed by atoms with van der Waals surface area (Å²) < 4.78 is 11.1. The van der Waals surface area contributed by atoms with Gasteiger partial charge in [-0.25, -0.2) is 0 Å². The van der Waals surface area contributed by atoms with Crippen LogP contribution in [0.4, 0.5) is 5.69 Å². The van der Waals surface area contributed by atoms with Crippen molar-refractivity contribution >= 4 is 11.6 Å². The van der Waals surface area contributed by atoms with Crippen LogP contribution in [0.2, 0.25) is 0 Å². The minimum Gasteiger partial charge on any atom is -0.490 e. The quantitative estimate of drug-likeness (QED) is 0.773. The minimum absolute atomic E-state index is 0.0318. The van der Waals surface area contributed by atoms with Crippen molar-refractivity contribution in [3.05, 3.63) is 18.2 Å². The fraction of sp³-hybridized carbons (Fsp3) is 0.562. The first-order chi connectivity index (χ1) is 10.1. The molecule has 0 spiro atoms. The number of ether oxygens (including phenoxy) is 2. The number of carbonyl (C=O) groups excluding carboxylic acids is 1. The molecular formula is C16H24N2O3. The standard InChI is InChI=1S/C16H24N2O3/c1-4-20-14-9-8-13(10-15(14)21-5-2)17-11(3)16(19)18-12-6-7-12/h8-12,17H,4-7H2,1-3H3,(H,18,19). The monoisotopic (exact) mass is 292 g/mol. The number of carbonyl (C=O) groups is 1. The first-order valence-corrected chi connectivity index (χ1v) is 7.60. The molecule has 0 bridgehead atoms. The molecule has 21 heavy (non-hydrogen) atoms. The topological polar surface area (TPSA) is 59.6 Å². The van der Waals surface area contributed by atoms with E-state index in [2.05, 4.69) is 10.6 Å². The van der Waals surface area contributed by atoms with Gasteiger partial charge in [0.2, 0.25) is 5.91 Å². The van der Waals surface area contributed by atoms with Crippen molar-refractivity contribution in [2.75, 3.05) is 18.5 Å². The van der Waals surface area contributed by atoms with E-state index in [9.17, 15) is 4.79 Å². The Bertz CT molecular complexity index is 486. The second kappa shape index (κ2) is 7.20. The van der Waals surface area contributed by atoms with Crippen LogP contribution in [0.3, 0.4) is 0 Å². The van der Waals surface area contributed by atoms with Crippen molar-refractivity contribution in [3.8, 4) is 11.5 Å². The molecule has 1 atom stereocenters. The molecule has 0 aromatic heterocycles. The van der Waals surface area contributed by atoms with Crippen LogP contribution in [0, 0.1) is 0 Å². The summed E-state index contributed by atoms with van der Waals surface area (Å²) in [7, 11) is 0. The second-order valence-electron chi connectivity index (χ2n) is 5.18. The Morgan fingerprint density at radius 1 is 1.24 bits per heavy atom. The van der Waals surface area contributed by atoms with E-state index >= 15 is 0 Å². The number of nitrogens with one attached hydrogen (secondary N) is 2. The molecule has 2 N–H and O–H groups in total. The zero-order valence-corrected chi connectivity index (χ0v) is 12.9. The van der Waals surface area contributed by atoms with Gasteiger partial charge in [-0.3, -0.25) is 4.79 Å². The highest BCUT2D eigenvalue weighted by Gasteiger charge is 2.25. The summed E-state index contributed by atoms with van der Waals surface area (Å²) in [5.41, 5.74) is 0.848. The molecule has 1 saturated carbocycles. The van der Waals surface area contributed by atoms with Crippen LogP contribution in [-0.4, -0.2) is 31.2 Å². The zero-order valence-electron chi connectivity index (χ0n) is 12.9. The first-order valence-electron chi connectivity index (χ1n) is 7.60. The smallest absolute Gasteiger partial charge is 0.242 e. The van der Waals surface area contributed by atoms with Crippen LogP contribution in [0.1, 0.15) is 33.6 Å². The lowest BCUT2D eigenvalue weighted by Crippen LogP contribution is -2.38. The molecule has 1 aromatic carbocycles. The number of anilines is 1. The van der Waals surface area contributed by atoms with Gasteiger partial charge in [-0.1, -0.05) is 0 Å². The Morgan fingerprint density at radius 2 is 1.90 bits per heavy atom. The lowest BCUT2D eigenvalue weighted by molar-refractivity contribution is -0.121. The Hall–Kier alpha value is -1.91. The second-order valence-corrected chi connectivity index (χ2v) is 5.18. The average Bonchev–Trinajstić information content (AvgIpc) is 3.26. The maximum Gasteiger partial charge on any atom is 0.242 e. The van der Waals surface area contributed by atoms with Crippen LogP contribution in [-0.2, 0) is 4.79 Å². The van der Waals surface area contributed by atoms with Crippen molar-refractivity contribution in [3.63, 3.8) is 0 Å². The molecule has 0 radical (unpaired) electrons. The van der Waals surface area contributed by atoms with Gasteiger partial charge in [-0.15, -0.1) is 0 Å². The number of hydrogen-bond acceptors (Lipinski definition) is 4. The lowest BCUT2D eigenvalue weighted by Gasteiger charge is -2.17. The predicted molar refractivity (Wildman–Crippen MR) is 83.0 cm³/mol. The molecule has 0 aliphatic heterocycles. The summed E-state index contributed by atoms with van der Waals surface area (Å²) >= 11 is 0. The summed E-state index contributed by atoms with van der Waals surface area (Å²) in [6.45, 7) is 6.89. The van der Waals surface area contributed by atoms with Gasteiger partial charge in [0.25, 0.3) is 0 Å². The molecule has 1 fully saturated rings. The van der Waals surface area contributed by atoms with E-state index in [0.29, 0.717) is 25.0 Å². The Labute approximate surface area is 126 Å². The van der Waals surface area contributed by atoms with E-state index in [0.717, 1.165) is 24.3 Å². The van der Waals surface area contributed by atoms with Crippen LogP contribution in [0.15, 0.2) is 18.2 Å². The molecule has 116 valence electrons. The van der Waals surface area contributed by atoms with Crippen molar-refractivity contribution < 1.29 is 14.3 Å². The fourth-order valence-electron chi connectivity index (χ4n) is 2.01. The molecule has 1 aliphatic carbocycles. The first kappa shape index (κ1) is 15.5. The maximum atomic E-state index is 11.9. The van der Waals surface area contributed by atoms with Crippen molar-refractivity contribution in [2.24, 2.45) is 0 Å². The summed E-state index contributed by atoms with van der Waals surface area (Å²) in [6, 6.07) is 5.73. The van der Waals surface area contributed by atoms with Crippen LogP contribution in [0.25, 0.3) is 0 Å². The maximum absolute atomic E-state index is 11.9. The third-order valence-corrected chi connectivity index (χ3v) is 3.24. The number of benzene rings is 1. The molecule has 5 nitrogen and oxygen atoms in total. The lowest BCUT2D eigenvalue weighted by atomic mass is 10.2. The van der Waals surface area contributed by atoms with Crippen molar-refractivity contribution in [1.82, 2.24) is 5.32 Å².